The third-order valence-corrected chi connectivity index (χ3v) is 3.68. The van der Waals surface area contributed by atoms with Crippen molar-refractivity contribution in [3.8, 4) is 0 Å². The summed E-state index contributed by atoms with van der Waals surface area (Å²) in [6.07, 6.45) is 1.73. The van der Waals surface area contributed by atoms with E-state index in [4.69, 9.17) is 11.6 Å². The first-order chi connectivity index (χ1) is 10.5. The Hall–Kier alpha value is -2.40. The number of pyridine rings is 1. The topological polar surface area (TPSA) is 55.1 Å². The first-order valence-corrected chi connectivity index (χ1v) is 7.28. The van der Waals surface area contributed by atoms with E-state index in [0.29, 0.717) is 10.8 Å². The molecule has 3 rings (SSSR count). The van der Waals surface area contributed by atoms with Gasteiger partial charge in [0, 0.05) is 17.5 Å². The van der Waals surface area contributed by atoms with Crippen LogP contribution in [-0.2, 0) is 7.05 Å². The lowest BCUT2D eigenvalue weighted by Crippen LogP contribution is -1.98. The molecule has 5 nitrogen and oxygen atoms in total. The van der Waals surface area contributed by atoms with Crippen LogP contribution >= 0.6 is 11.6 Å². The molecule has 0 fully saturated rings. The minimum absolute atomic E-state index is 0.693. The fourth-order valence-corrected chi connectivity index (χ4v) is 2.56. The minimum atomic E-state index is 0.693. The molecule has 0 aliphatic carbocycles. The van der Waals surface area contributed by atoms with Crippen LogP contribution < -0.4 is 5.43 Å². The first kappa shape index (κ1) is 14.5. The van der Waals surface area contributed by atoms with Crippen LogP contribution in [-0.4, -0.2) is 21.0 Å². The Morgan fingerprint density at radius 1 is 1.23 bits per heavy atom. The van der Waals surface area contributed by atoms with Crippen molar-refractivity contribution in [2.75, 3.05) is 5.43 Å². The highest BCUT2D eigenvalue weighted by atomic mass is 35.5. The molecule has 0 saturated carbocycles. The summed E-state index contributed by atoms with van der Waals surface area (Å²) in [5.41, 5.74) is 6.88. The number of aromatic nitrogens is 3. The van der Waals surface area contributed by atoms with Crippen molar-refractivity contribution in [2.24, 2.45) is 12.1 Å². The van der Waals surface area contributed by atoms with Crippen LogP contribution in [0.25, 0.3) is 11.0 Å². The average molecular weight is 314 g/mol. The molecule has 0 saturated heterocycles. The standard InChI is InChI=1S/C16H16ClN5/c1-10-8-14(19-16-15(10)11(2)21-22(16)3)20-18-9-12-4-6-13(17)7-5-12/h4-9H,1-3H3,(H,19,20)/b18-9-. The minimum Gasteiger partial charge on any atom is -0.261 e. The molecule has 0 spiro atoms. The van der Waals surface area contributed by atoms with Gasteiger partial charge in [0.05, 0.1) is 11.9 Å². The van der Waals surface area contributed by atoms with E-state index >= 15 is 0 Å². The van der Waals surface area contributed by atoms with Gasteiger partial charge in [0.15, 0.2) is 5.65 Å². The SMILES string of the molecule is Cc1cc(N/N=C\c2ccc(Cl)cc2)nc2c1c(C)nn2C. The summed E-state index contributed by atoms with van der Waals surface area (Å²) in [6, 6.07) is 9.43. The van der Waals surface area contributed by atoms with Crippen molar-refractivity contribution in [3.05, 3.63) is 52.2 Å². The number of benzene rings is 1. The Morgan fingerprint density at radius 2 is 1.95 bits per heavy atom. The molecule has 0 amide bonds. The van der Waals surface area contributed by atoms with Crippen molar-refractivity contribution in [1.82, 2.24) is 14.8 Å². The highest BCUT2D eigenvalue weighted by Gasteiger charge is 2.10. The monoisotopic (exact) mass is 313 g/mol. The molecule has 0 unspecified atom stereocenters. The van der Waals surface area contributed by atoms with E-state index in [-0.39, 0.29) is 0 Å². The van der Waals surface area contributed by atoms with Crippen LogP contribution in [0.15, 0.2) is 35.4 Å². The van der Waals surface area contributed by atoms with Crippen LogP contribution in [0.2, 0.25) is 5.02 Å². The largest absolute Gasteiger partial charge is 0.261 e. The normalized spacial score (nSPS) is 11.5. The summed E-state index contributed by atoms with van der Waals surface area (Å²) in [7, 11) is 1.89. The third-order valence-electron chi connectivity index (χ3n) is 3.43. The lowest BCUT2D eigenvalue weighted by Gasteiger charge is -2.03. The first-order valence-electron chi connectivity index (χ1n) is 6.90. The van der Waals surface area contributed by atoms with Gasteiger partial charge >= 0.3 is 0 Å². The van der Waals surface area contributed by atoms with Gasteiger partial charge in [0.1, 0.15) is 5.82 Å². The van der Waals surface area contributed by atoms with E-state index < -0.39 is 0 Å². The van der Waals surface area contributed by atoms with Gasteiger partial charge in [-0.25, -0.2) is 4.98 Å². The summed E-state index contributed by atoms with van der Waals surface area (Å²) < 4.78 is 1.78. The molecule has 1 N–H and O–H groups in total. The third kappa shape index (κ3) is 2.80. The van der Waals surface area contributed by atoms with Gasteiger partial charge in [-0.1, -0.05) is 23.7 Å². The number of hydrazone groups is 1. The number of aryl methyl sites for hydroxylation is 3. The smallest absolute Gasteiger partial charge is 0.160 e. The highest BCUT2D eigenvalue weighted by Crippen LogP contribution is 2.22. The van der Waals surface area contributed by atoms with Crippen molar-refractivity contribution >= 4 is 34.7 Å². The Morgan fingerprint density at radius 3 is 2.68 bits per heavy atom. The number of rotatable bonds is 3. The molecule has 2 heterocycles. The molecule has 112 valence electrons. The highest BCUT2D eigenvalue weighted by molar-refractivity contribution is 6.30. The van der Waals surface area contributed by atoms with Crippen molar-refractivity contribution in [2.45, 2.75) is 13.8 Å². The number of hydrogen-bond acceptors (Lipinski definition) is 4. The summed E-state index contributed by atoms with van der Waals surface area (Å²) >= 11 is 5.85. The molecular formula is C16H16ClN5. The van der Waals surface area contributed by atoms with Crippen LogP contribution in [0.4, 0.5) is 5.82 Å². The second-order valence-corrected chi connectivity index (χ2v) is 5.59. The number of fused-ring (bicyclic) bond motifs is 1. The van der Waals surface area contributed by atoms with Crippen molar-refractivity contribution in [1.29, 1.82) is 0 Å². The Labute approximate surface area is 133 Å². The molecule has 3 aromatic rings. The maximum absolute atomic E-state index is 5.85. The van der Waals surface area contributed by atoms with Crippen LogP contribution in [0.1, 0.15) is 16.8 Å². The molecule has 22 heavy (non-hydrogen) atoms. The Balaban J connectivity index is 1.85. The molecule has 0 bridgehead atoms. The molecule has 0 atom stereocenters. The van der Waals surface area contributed by atoms with Gasteiger partial charge in [-0.2, -0.15) is 10.2 Å². The summed E-state index contributed by atoms with van der Waals surface area (Å²) in [4.78, 5) is 4.56. The quantitative estimate of drug-likeness (QED) is 0.592. The predicted molar refractivity (Wildman–Crippen MR) is 90.7 cm³/mol. The van der Waals surface area contributed by atoms with E-state index in [1.165, 1.54) is 0 Å². The van der Waals surface area contributed by atoms with E-state index in [9.17, 15) is 0 Å². The van der Waals surface area contributed by atoms with E-state index in [1.807, 2.05) is 51.2 Å². The Bertz CT molecular complexity index is 849. The summed E-state index contributed by atoms with van der Waals surface area (Å²) in [5, 5.41) is 10.4. The molecule has 0 radical (unpaired) electrons. The molecule has 0 aliphatic rings. The maximum atomic E-state index is 5.85. The van der Waals surface area contributed by atoms with Gasteiger partial charge < -0.3 is 0 Å². The second kappa shape index (κ2) is 5.77. The van der Waals surface area contributed by atoms with Crippen LogP contribution in [0.5, 0.6) is 0 Å². The molecule has 2 aromatic heterocycles. The van der Waals surface area contributed by atoms with Gasteiger partial charge in [-0.15, -0.1) is 0 Å². The van der Waals surface area contributed by atoms with Crippen molar-refractivity contribution in [3.63, 3.8) is 0 Å². The number of nitrogens with one attached hydrogen (secondary N) is 1. The predicted octanol–water partition coefficient (Wildman–Crippen LogP) is 3.68. The number of hydrogen-bond donors (Lipinski definition) is 1. The van der Waals surface area contributed by atoms with E-state index in [1.54, 1.807) is 10.9 Å². The number of nitrogens with zero attached hydrogens (tertiary/aromatic N) is 4. The summed E-state index contributed by atoms with van der Waals surface area (Å²) in [5.74, 6) is 0.693. The number of anilines is 1. The molecule has 6 heteroatoms. The van der Waals surface area contributed by atoms with Crippen LogP contribution in [0, 0.1) is 13.8 Å². The lowest BCUT2D eigenvalue weighted by molar-refractivity contribution is 0.774. The molecule has 1 aromatic carbocycles. The second-order valence-electron chi connectivity index (χ2n) is 5.15. The average Bonchev–Trinajstić information content (AvgIpc) is 2.76. The zero-order chi connectivity index (χ0) is 15.7. The lowest BCUT2D eigenvalue weighted by atomic mass is 10.1. The van der Waals surface area contributed by atoms with Gasteiger partial charge in [-0.05, 0) is 43.2 Å². The van der Waals surface area contributed by atoms with Crippen LogP contribution in [0.3, 0.4) is 0 Å². The fourth-order valence-electron chi connectivity index (χ4n) is 2.44. The van der Waals surface area contributed by atoms with E-state index in [0.717, 1.165) is 27.9 Å². The van der Waals surface area contributed by atoms with Gasteiger partial charge in [0.2, 0.25) is 0 Å². The molecular weight excluding hydrogens is 298 g/mol. The van der Waals surface area contributed by atoms with Gasteiger partial charge in [0.25, 0.3) is 0 Å². The number of halogens is 1. The Kier molecular flexibility index (Phi) is 3.81. The fraction of sp³-hybridized carbons (Fsp3) is 0.188. The van der Waals surface area contributed by atoms with E-state index in [2.05, 4.69) is 20.6 Å². The van der Waals surface area contributed by atoms with Gasteiger partial charge in [-0.3, -0.25) is 10.1 Å². The zero-order valence-electron chi connectivity index (χ0n) is 12.6. The zero-order valence-corrected chi connectivity index (χ0v) is 13.4. The summed E-state index contributed by atoms with van der Waals surface area (Å²) in [6.45, 7) is 4.04. The molecule has 0 aliphatic heterocycles. The maximum Gasteiger partial charge on any atom is 0.160 e. The van der Waals surface area contributed by atoms with Crippen molar-refractivity contribution < 1.29 is 0 Å².